The van der Waals surface area contributed by atoms with E-state index in [0.717, 1.165) is 5.56 Å². The summed E-state index contributed by atoms with van der Waals surface area (Å²) in [6.45, 7) is 0.327. The molecule has 0 fully saturated rings. The average molecular weight is 493 g/mol. The number of carboxylic acid groups (broad SMARTS) is 1. The molecular weight excluding hydrogens is 456 g/mol. The van der Waals surface area contributed by atoms with E-state index < -0.39 is 18.0 Å². The molecule has 0 radical (unpaired) electrons. The number of nitrogens with zero attached hydrogens (tertiary/aromatic N) is 1. The van der Waals surface area contributed by atoms with Crippen LogP contribution in [0.4, 0.5) is 0 Å². The summed E-state index contributed by atoms with van der Waals surface area (Å²) >= 11 is 0. The van der Waals surface area contributed by atoms with E-state index in [1.54, 1.807) is 0 Å². The van der Waals surface area contributed by atoms with Gasteiger partial charge in [0.15, 0.2) is 0 Å². The number of carboxylic acids is 1. The molecule has 0 aromatic heterocycles. The first-order valence-corrected chi connectivity index (χ1v) is 11.7. The normalized spacial score (nSPS) is 11.3. The lowest BCUT2D eigenvalue weighted by molar-refractivity contribution is -0.143. The van der Waals surface area contributed by atoms with Crippen LogP contribution in [0.25, 0.3) is 0 Å². The quantitative estimate of drug-likeness (QED) is 0.249. The van der Waals surface area contributed by atoms with Gasteiger partial charge in [0, 0.05) is 38.8 Å². The minimum absolute atomic E-state index is 0.0274. The molecule has 2 N–H and O–H groups in total. The SMILES string of the molecule is COC(=O)CCCNC(=O)C(CCc1ccccc1)N(CCCC(=O)O)C(=O)CCCC(=O)OC. The van der Waals surface area contributed by atoms with Crippen molar-refractivity contribution in [1.82, 2.24) is 10.2 Å². The van der Waals surface area contributed by atoms with Crippen LogP contribution in [0.15, 0.2) is 30.3 Å². The third-order valence-corrected chi connectivity index (χ3v) is 5.42. The predicted molar refractivity (Wildman–Crippen MR) is 127 cm³/mol. The van der Waals surface area contributed by atoms with Crippen molar-refractivity contribution in [2.45, 2.75) is 63.8 Å². The Kier molecular flexibility index (Phi) is 14.4. The summed E-state index contributed by atoms with van der Waals surface area (Å²) in [5.41, 5.74) is 1.000. The highest BCUT2D eigenvalue weighted by molar-refractivity contribution is 5.88. The van der Waals surface area contributed by atoms with Gasteiger partial charge < -0.3 is 24.8 Å². The number of methoxy groups -OCH3 is 2. The summed E-state index contributed by atoms with van der Waals surface area (Å²) in [6, 6.07) is 8.70. The minimum Gasteiger partial charge on any atom is -0.481 e. The van der Waals surface area contributed by atoms with E-state index >= 15 is 0 Å². The van der Waals surface area contributed by atoms with Gasteiger partial charge in [0.1, 0.15) is 6.04 Å². The van der Waals surface area contributed by atoms with Gasteiger partial charge >= 0.3 is 17.9 Å². The van der Waals surface area contributed by atoms with Crippen molar-refractivity contribution in [1.29, 1.82) is 0 Å². The van der Waals surface area contributed by atoms with Crippen molar-refractivity contribution in [2.24, 2.45) is 0 Å². The van der Waals surface area contributed by atoms with Crippen molar-refractivity contribution < 1.29 is 38.6 Å². The summed E-state index contributed by atoms with van der Waals surface area (Å²) in [7, 11) is 2.56. The zero-order valence-electron chi connectivity index (χ0n) is 20.5. The molecule has 1 aromatic rings. The first kappa shape index (κ1) is 29.6. The third-order valence-electron chi connectivity index (χ3n) is 5.42. The Bertz CT molecular complexity index is 828. The molecule has 0 aliphatic rings. The Balaban J connectivity index is 2.97. The predicted octanol–water partition coefficient (Wildman–Crippen LogP) is 2.09. The van der Waals surface area contributed by atoms with Crippen molar-refractivity contribution in [2.75, 3.05) is 27.3 Å². The fourth-order valence-corrected chi connectivity index (χ4v) is 3.53. The highest BCUT2D eigenvalue weighted by atomic mass is 16.5. The second kappa shape index (κ2) is 17.1. The maximum Gasteiger partial charge on any atom is 0.305 e. The number of amides is 2. The summed E-state index contributed by atoms with van der Waals surface area (Å²) in [6.07, 6.45) is 1.81. The number of rotatable bonds is 17. The highest BCUT2D eigenvalue weighted by Gasteiger charge is 2.29. The van der Waals surface area contributed by atoms with E-state index in [1.165, 1.54) is 19.1 Å². The molecular formula is C25H36N2O8. The molecule has 0 aliphatic heterocycles. The topological polar surface area (TPSA) is 139 Å². The van der Waals surface area contributed by atoms with E-state index in [9.17, 15) is 24.0 Å². The number of benzene rings is 1. The molecule has 1 rings (SSSR count). The fourth-order valence-electron chi connectivity index (χ4n) is 3.53. The molecule has 1 atom stereocenters. The lowest BCUT2D eigenvalue weighted by Gasteiger charge is -2.31. The zero-order chi connectivity index (χ0) is 26.1. The summed E-state index contributed by atoms with van der Waals surface area (Å²) in [5, 5.41) is 11.8. The van der Waals surface area contributed by atoms with E-state index in [-0.39, 0.29) is 69.4 Å². The third kappa shape index (κ3) is 12.6. The number of hydrogen-bond donors (Lipinski definition) is 2. The maximum atomic E-state index is 13.1. The van der Waals surface area contributed by atoms with Gasteiger partial charge in [-0.1, -0.05) is 30.3 Å². The average Bonchev–Trinajstić information content (AvgIpc) is 2.85. The fraction of sp³-hybridized carbons (Fsp3) is 0.560. The molecule has 2 amide bonds. The largest absolute Gasteiger partial charge is 0.481 e. The Labute approximate surface area is 206 Å². The highest BCUT2D eigenvalue weighted by Crippen LogP contribution is 2.15. The summed E-state index contributed by atoms with van der Waals surface area (Å²) < 4.78 is 9.21. The number of aryl methyl sites for hydroxylation is 1. The van der Waals surface area contributed by atoms with Crippen molar-refractivity contribution in [3.63, 3.8) is 0 Å². The van der Waals surface area contributed by atoms with Crippen LogP contribution in [0.5, 0.6) is 0 Å². The first-order chi connectivity index (χ1) is 16.8. The van der Waals surface area contributed by atoms with Gasteiger partial charge in [-0.3, -0.25) is 24.0 Å². The summed E-state index contributed by atoms with van der Waals surface area (Å²) in [4.78, 5) is 61.4. The van der Waals surface area contributed by atoms with Crippen LogP contribution in [0, 0.1) is 0 Å². The van der Waals surface area contributed by atoms with Crippen LogP contribution in [-0.2, 0) is 39.9 Å². The summed E-state index contributed by atoms with van der Waals surface area (Å²) in [5.74, 6) is -2.50. The second-order valence-electron chi connectivity index (χ2n) is 8.02. The van der Waals surface area contributed by atoms with Gasteiger partial charge in [-0.15, -0.1) is 0 Å². The van der Waals surface area contributed by atoms with Crippen LogP contribution < -0.4 is 5.32 Å². The Morgan fingerprint density at radius 1 is 0.886 bits per heavy atom. The number of carbonyl (C=O) groups is 5. The van der Waals surface area contributed by atoms with Gasteiger partial charge in [-0.2, -0.15) is 0 Å². The minimum atomic E-state index is -0.990. The molecule has 1 aromatic carbocycles. The van der Waals surface area contributed by atoms with E-state index in [0.29, 0.717) is 19.3 Å². The smallest absolute Gasteiger partial charge is 0.305 e. The van der Waals surface area contributed by atoms with Gasteiger partial charge in [-0.25, -0.2) is 0 Å². The van der Waals surface area contributed by atoms with Gasteiger partial charge in [0.2, 0.25) is 11.8 Å². The van der Waals surface area contributed by atoms with Gasteiger partial charge in [0.25, 0.3) is 0 Å². The lowest BCUT2D eigenvalue weighted by Crippen LogP contribution is -2.50. The second-order valence-corrected chi connectivity index (χ2v) is 8.02. The van der Waals surface area contributed by atoms with Crippen LogP contribution in [0.3, 0.4) is 0 Å². The van der Waals surface area contributed by atoms with E-state index in [1.807, 2.05) is 30.3 Å². The van der Waals surface area contributed by atoms with E-state index in [4.69, 9.17) is 5.11 Å². The molecule has 0 bridgehead atoms. The molecule has 0 spiro atoms. The van der Waals surface area contributed by atoms with Crippen LogP contribution in [-0.4, -0.2) is 73.1 Å². The van der Waals surface area contributed by atoms with E-state index in [2.05, 4.69) is 14.8 Å². The van der Waals surface area contributed by atoms with Crippen molar-refractivity contribution in [3.05, 3.63) is 35.9 Å². The molecule has 0 heterocycles. The van der Waals surface area contributed by atoms with Crippen molar-refractivity contribution >= 4 is 29.7 Å². The molecule has 0 aliphatic carbocycles. The maximum absolute atomic E-state index is 13.1. The molecule has 194 valence electrons. The number of ether oxygens (including phenoxy) is 2. The van der Waals surface area contributed by atoms with Crippen LogP contribution in [0.2, 0.25) is 0 Å². The Morgan fingerprint density at radius 2 is 1.51 bits per heavy atom. The number of carbonyl (C=O) groups excluding carboxylic acids is 4. The van der Waals surface area contributed by atoms with Crippen LogP contribution >= 0.6 is 0 Å². The Hall–Kier alpha value is -3.43. The Morgan fingerprint density at radius 3 is 2.11 bits per heavy atom. The monoisotopic (exact) mass is 492 g/mol. The molecule has 0 saturated carbocycles. The number of nitrogens with one attached hydrogen (secondary N) is 1. The zero-order valence-corrected chi connectivity index (χ0v) is 20.5. The van der Waals surface area contributed by atoms with Gasteiger partial charge in [0.05, 0.1) is 14.2 Å². The molecule has 35 heavy (non-hydrogen) atoms. The molecule has 10 heteroatoms. The lowest BCUT2D eigenvalue weighted by atomic mass is 10.0. The molecule has 10 nitrogen and oxygen atoms in total. The molecule has 0 saturated heterocycles. The first-order valence-electron chi connectivity index (χ1n) is 11.7. The number of aliphatic carboxylic acids is 1. The van der Waals surface area contributed by atoms with Crippen molar-refractivity contribution in [3.8, 4) is 0 Å². The standard InChI is InChI=1S/C25H36N2O8/c1-34-23(31)13-6-11-21(28)27(18-8-12-22(29)30)20(16-15-19-9-4-3-5-10-19)25(33)26-17-7-14-24(32)35-2/h3-5,9-10,20H,6-8,11-18H2,1-2H3,(H,26,33)(H,29,30). The number of esters is 2. The molecule has 1 unspecified atom stereocenters. The van der Waals surface area contributed by atoms with Crippen LogP contribution in [0.1, 0.15) is 56.9 Å². The van der Waals surface area contributed by atoms with Gasteiger partial charge in [-0.05, 0) is 37.7 Å². The number of hydrogen-bond acceptors (Lipinski definition) is 7.